The molecular formula is C28H22F2N4O4S. The third-order valence-corrected chi connectivity index (χ3v) is 7.18. The van der Waals surface area contributed by atoms with Crippen LogP contribution in [0.5, 0.6) is 11.6 Å². The number of hydrogen-bond acceptors (Lipinski definition) is 6. The van der Waals surface area contributed by atoms with E-state index >= 15 is 0 Å². The lowest BCUT2D eigenvalue weighted by Crippen LogP contribution is -2.22. The highest BCUT2D eigenvalue weighted by Gasteiger charge is 2.16. The van der Waals surface area contributed by atoms with Crippen molar-refractivity contribution in [1.82, 2.24) is 14.5 Å². The Balaban J connectivity index is 1.55. The molecule has 0 saturated carbocycles. The third kappa shape index (κ3) is 5.08. The van der Waals surface area contributed by atoms with E-state index in [9.17, 15) is 17.8 Å². The van der Waals surface area contributed by atoms with Crippen LogP contribution in [0.1, 0.15) is 5.82 Å². The minimum absolute atomic E-state index is 0.120. The largest absolute Gasteiger partial charge is 0.497 e. The Hall–Kier alpha value is -4.64. The highest BCUT2D eigenvalue weighted by molar-refractivity contribution is 7.86. The van der Waals surface area contributed by atoms with Gasteiger partial charge in [0.25, 0.3) is 5.56 Å². The minimum Gasteiger partial charge on any atom is -0.497 e. The fraction of sp³-hybridized carbons (Fsp3) is 0.107. The van der Waals surface area contributed by atoms with Gasteiger partial charge in [-0.3, -0.25) is 14.1 Å². The normalized spacial score (nSPS) is 11.8. The SMILES string of the molecule is COc1ccc(-n2c(C)nc3ccc(-c4cnc(OC)c(NS(=O)c5ccc(F)cc5F)c4)cc3c2=O)cc1. The van der Waals surface area contributed by atoms with Crippen LogP contribution >= 0.6 is 0 Å². The van der Waals surface area contributed by atoms with Gasteiger partial charge in [-0.25, -0.2) is 23.0 Å². The van der Waals surface area contributed by atoms with E-state index in [-0.39, 0.29) is 22.0 Å². The van der Waals surface area contributed by atoms with Gasteiger partial charge in [0.2, 0.25) is 5.88 Å². The first kappa shape index (κ1) is 26.0. The van der Waals surface area contributed by atoms with Crippen molar-refractivity contribution < 1.29 is 22.5 Å². The van der Waals surface area contributed by atoms with E-state index in [4.69, 9.17) is 9.47 Å². The molecule has 5 aromatic rings. The summed E-state index contributed by atoms with van der Waals surface area (Å²) in [5, 5.41) is 0.385. The van der Waals surface area contributed by atoms with Gasteiger partial charge >= 0.3 is 0 Å². The van der Waals surface area contributed by atoms with E-state index < -0.39 is 22.6 Å². The first-order valence-corrected chi connectivity index (χ1v) is 12.8. The zero-order chi connectivity index (χ0) is 27.7. The van der Waals surface area contributed by atoms with Gasteiger partial charge in [0, 0.05) is 17.8 Å². The Morgan fingerprint density at radius 1 is 0.923 bits per heavy atom. The summed E-state index contributed by atoms with van der Waals surface area (Å²) in [6.45, 7) is 1.76. The molecule has 0 saturated heterocycles. The average molecular weight is 549 g/mol. The number of pyridine rings is 1. The lowest BCUT2D eigenvalue weighted by Gasteiger charge is -2.14. The van der Waals surface area contributed by atoms with Gasteiger partial charge in [0.15, 0.2) is 11.0 Å². The number of benzene rings is 3. The molecular weight excluding hydrogens is 526 g/mol. The smallest absolute Gasteiger partial charge is 0.265 e. The third-order valence-electron chi connectivity index (χ3n) is 6.04. The fourth-order valence-corrected chi connectivity index (χ4v) is 5.02. The number of fused-ring (bicyclic) bond motifs is 1. The molecule has 0 radical (unpaired) electrons. The molecule has 0 spiro atoms. The summed E-state index contributed by atoms with van der Waals surface area (Å²) in [7, 11) is 0.888. The maximum absolute atomic E-state index is 14.2. The Labute approximate surface area is 224 Å². The quantitative estimate of drug-likeness (QED) is 0.301. The molecule has 3 aromatic carbocycles. The Bertz CT molecular complexity index is 1790. The molecule has 1 N–H and O–H groups in total. The lowest BCUT2D eigenvalue weighted by atomic mass is 10.0. The molecule has 0 amide bonds. The Morgan fingerprint density at radius 2 is 1.69 bits per heavy atom. The van der Waals surface area contributed by atoms with Crippen molar-refractivity contribution in [3.8, 4) is 28.4 Å². The molecule has 2 aromatic heterocycles. The number of nitrogens with one attached hydrogen (secondary N) is 1. The maximum atomic E-state index is 14.2. The number of hydrogen-bond donors (Lipinski definition) is 1. The van der Waals surface area contributed by atoms with E-state index in [0.29, 0.717) is 45.4 Å². The first-order valence-electron chi connectivity index (χ1n) is 11.6. The summed E-state index contributed by atoms with van der Waals surface area (Å²) in [5.74, 6) is -0.413. The number of ether oxygens (including phenoxy) is 2. The summed E-state index contributed by atoms with van der Waals surface area (Å²) in [6, 6.07) is 16.7. The second-order valence-electron chi connectivity index (χ2n) is 8.46. The van der Waals surface area contributed by atoms with Crippen LogP contribution in [0.2, 0.25) is 0 Å². The zero-order valence-corrected chi connectivity index (χ0v) is 21.9. The molecule has 1 unspecified atom stereocenters. The number of rotatable bonds is 7. The minimum atomic E-state index is -2.07. The van der Waals surface area contributed by atoms with Gasteiger partial charge in [-0.05, 0) is 67.1 Å². The van der Waals surface area contributed by atoms with Crippen LogP contribution in [-0.4, -0.2) is 33.0 Å². The van der Waals surface area contributed by atoms with Crippen LogP contribution in [-0.2, 0) is 11.0 Å². The van der Waals surface area contributed by atoms with E-state index in [1.807, 2.05) is 0 Å². The number of anilines is 1. The molecule has 0 bridgehead atoms. The Morgan fingerprint density at radius 3 is 2.38 bits per heavy atom. The highest BCUT2D eigenvalue weighted by Crippen LogP contribution is 2.31. The predicted octanol–water partition coefficient (Wildman–Crippen LogP) is 5.19. The van der Waals surface area contributed by atoms with Gasteiger partial charge in [-0.15, -0.1) is 0 Å². The van der Waals surface area contributed by atoms with Crippen LogP contribution in [0, 0.1) is 18.6 Å². The molecule has 0 aliphatic heterocycles. The molecule has 5 rings (SSSR count). The van der Waals surface area contributed by atoms with E-state index in [2.05, 4.69) is 14.7 Å². The molecule has 2 heterocycles. The van der Waals surface area contributed by atoms with Crippen molar-refractivity contribution in [1.29, 1.82) is 0 Å². The maximum Gasteiger partial charge on any atom is 0.265 e. The molecule has 198 valence electrons. The van der Waals surface area contributed by atoms with Crippen LogP contribution in [0.4, 0.5) is 14.5 Å². The first-order chi connectivity index (χ1) is 18.8. The monoisotopic (exact) mass is 548 g/mol. The topological polar surface area (TPSA) is 95.3 Å². The second-order valence-corrected chi connectivity index (χ2v) is 9.64. The average Bonchev–Trinajstić information content (AvgIpc) is 2.93. The summed E-state index contributed by atoms with van der Waals surface area (Å²) in [6.07, 6.45) is 1.54. The number of methoxy groups -OCH3 is 2. The van der Waals surface area contributed by atoms with Crippen molar-refractivity contribution >= 4 is 27.6 Å². The van der Waals surface area contributed by atoms with Gasteiger partial charge in [-0.1, -0.05) is 6.07 Å². The number of nitrogens with zero attached hydrogens (tertiary/aromatic N) is 3. The van der Waals surface area contributed by atoms with E-state index in [1.54, 1.807) is 62.6 Å². The number of halogens is 2. The second kappa shape index (κ2) is 10.6. The van der Waals surface area contributed by atoms with Gasteiger partial charge in [0.1, 0.15) is 28.9 Å². The number of aryl methyl sites for hydroxylation is 1. The van der Waals surface area contributed by atoms with Crippen molar-refractivity contribution in [3.05, 3.63) is 101 Å². The van der Waals surface area contributed by atoms with Gasteiger partial charge in [-0.2, -0.15) is 0 Å². The summed E-state index contributed by atoms with van der Waals surface area (Å²) in [5.41, 5.74) is 2.35. The molecule has 39 heavy (non-hydrogen) atoms. The van der Waals surface area contributed by atoms with Crippen LogP contribution < -0.4 is 19.8 Å². The lowest BCUT2D eigenvalue weighted by molar-refractivity contribution is 0.400. The zero-order valence-electron chi connectivity index (χ0n) is 21.1. The summed E-state index contributed by atoms with van der Waals surface area (Å²) < 4.78 is 55.0. The van der Waals surface area contributed by atoms with Crippen molar-refractivity contribution in [2.75, 3.05) is 18.9 Å². The van der Waals surface area contributed by atoms with Crippen molar-refractivity contribution in [2.45, 2.75) is 11.8 Å². The Kier molecular flexibility index (Phi) is 7.07. The van der Waals surface area contributed by atoms with Crippen LogP contribution in [0.15, 0.2) is 82.6 Å². The molecule has 0 aliphatic rings. The van der Waals surface area contributed by atoms with Gasteiger partial charge in [0.05, 0.1) is 35.7 Å². The highest BCUT2D eigenvalue weighted by atomic mass is 32.2. The van der Waals surface area contributed by atoms with Gasteiger partial charge < -0.3 is 9.47 Å². The molecule has 11 heteroatoms. The molecule has 1 atom stereocenters. The van der Waals surface area contributed by atoms with Crippen molar-refractivity contribution in [2.24, 2.45) is 0 Å². The summed E-state index contributed by atoms with van der Waals surface area (Å²) in [4.78, 5) is 22.2. The van der Waals surface area contributed by atoms with Crippen LogP contribution in [0.25, 0.3) is 27.7 Å². The fourth-order valence-electron chi connectivity index (χ4n) is 4.14. The van der Waals surface area contributed by atoms with E-state index in [1.165, 1.54) is 17.9 Å². The molecule has 8 nitrogen and oxygen atoms in total. The molecule has 0 fully saturated rings. The van der Waals surface area contributed by atoms with E-state index in [0.717, 1.165) is 12.1 Å². The summed E-state index contributed by atoms with van der Waals surface area (Å²) >= 11 is 0. The number of aromatic nitrogens is 3. The molecule has 0 aliphatic carbocycles. The predicted molar refractivity (Wildman–Crippen MR) is 145 cm³/mol. The van der Waals surface area contributed by atoms with Crippen molar-refractivity contribution in [3.63, 3.8) is 0 Å². The van der Waals surface area contributed by atoms with Crippen LogP contribution in [0.3, 0.4) is 0 Å². The standard InChI is InChI=1S/C28H22F2N4O4S/c1-16-32-24-10-4-17(12-22(24)28(35)34(16)20-6-8-21(37-2)9-7-20)18-13-25(27(38-3)31-15-18)33-39(36)26-11-5-19(29)14-23(26)30/h4-15,33H,1-3H3.